The molecule has 0 aliphatic rings. The highest BCUT2D eigenvalue weighted by Crippen LogP contribution is 2.34. The number of fused-ring (bicyclic) bond motifs is 2. The van der Waals surface area contributed by atoms with Crippen molar-refractivity contribution in [3.63, 3.8) is 0 Å². The summed E-state index contributed by atoms with van der Waals surface area (Å²) < 4.78 is 0. The molecule has 0 spiro atoms. The van der Waals surface area contributed by atoms with E-state index < -0.39 is 0 Å². The summed E-state index contributed by atoms with van der Waals surface area (Å²) in [5, 5.41) is 4.83. The maximum atomic E-state index is 3.31. The fraction of sp³-hybridized carbons (Fsp3) is 0. The van der Waals surface area contributed by atoms with Gasteiger partial charge in [0.1, 0.15) is 0 Å². The molecule has 0 aliphatic carbocycles. The van der Waals surface area contributed by atoms with Gasteiger partial charge < -0.3 is 0 Å². The van der Waals surface area contributed by atoms with E-state index in [-0.39, 0.29) is 0 Å². The van der Waals surface area contributed by atoms with Gasteiger partial charge in [-0.15, -0.1) is 0 Å². The fourth-order valence-electron chi connectivity index (χ4n) is 4.52. The van der Waals surface area contributed by atoms with Crippen LogP contribution in [0.4, 0.5) is 0 Å². The van der Waals surface area contributed by atoms with E-state index >= 15 is 0 Å². The van der Waals surface area contributed by atoms with Crippen LogP contribution in [0.15, 0.2) is 133 Å². The Morgan fingerprint density at radius 3 is 1.17 bits per heavy atom. The van der Waals surface area contributed by atoms with Crippen molar-refractivity contribution in [3.8, 4) is 34.8 Å². The van der Waals surface area contributed by atoms with Crippen molar-refractivity contribution in [3.05, 3.63) is 156 Å². The van der Waals surface area contributed by atoms with Crippen molar-refractivity contribution >= 4 is 21.5 Å². The molecule has 0 saturated heterocycles. The van der Waals surface area contributed by atoms with E-state index in [0.717, 1.165) is 22.3 Å². The Bertz CT molecular complexity index is 1680. The van der Waals surface area contributed by atoms with Crippen LogP contribution in [0.2, 0.25) is 0 Å². The van der Waals surface area contributed by atoms with Crippen molar-refractivity contribution in [2.24, 2.45) is 0 Å². The van der Waals surface area contributed by atoms with Crippen molar-refractivity contribution in [2.75, 3.05) is 0 Å². The lowest BCUT2D eigenvalue weighted by atomic mass is 9.93. The van der Waals surface area contributed by atoms with E-state index in [1.54, 1.807) is 0 Å². The highest BCUT2D eigenvalue weighted by Gasteiger charge is 2.08. The molecule has 166 valence electrons. The molecule has 0 amide bonds. The summed E-state index contributed by atoms with van der Waals surface area (Å²) in [7, 11) is 0. The molecule has 0 N–H and O–H groups in total. The molecular weight excluding hydrogens is 432 g/mol. The summed E-state index contributed by atoms with van der Waals surface area (Å²) in [5.74, 6) is 13.1. The second-order valence-electron chi connectivity index (χ2n) is 8.72. The minimum Gasteiger partial charge on any atom is -0.0622 e. The molecular formula is C36H22. The first-order valence-electron chi connectivity index (χ1n) is 12.0. The standard InChI is InChI=1S/C36H22/c1-3-9-27(10-4-1)17-19-29-21-23-33-31(25-29)13-7-15-35(33)36-16-8-14-32-26-30(22-24-34(32)36)20-18-28-11-5-2-6-12-28/h1-16,21-26H. The molecule has 6 aromatic rings. The number of hydrogen-bond acceptors (Lipinski definition) is 0. The van der Waals surface area contributed by atoms with E-state index in [2.05, 4.69) is 96.5 Å². The summed E-state index contributed by atoms with van der Waals surface area (Å²) in [5.41, 5.74) is 6.53. The molecule has 0 radical (unpaired) electrons. The lowest BCUT2D eigenvalue weighted by Gasteiger charge is -2.11. The number of rotatable bonds is 1. The van der Waals surface area contributed by atoms with E-state index in [0.29, 0.717) is 0 Å². The van der Waals surface area contributed by atoms with Crippen molar-refractivity contribution in [2.45, 2.75) is 0 Å². The summed E-state index contributed by atoms with van der Waals surface area (Å²) in [6.45, 7) is 0. The van der Waals surface area contributed by atoms with Crippen LogP contribution in [-0.4, -0.2) is 0 Å². The first-order valence-corrected chi connectivity index (χ1v) is 12.0. The molecule has 0 aromatic heterocycles. The van der Waals surface area contributed by atoms with Crippen LogP contribution >= 0.6 is 0 Å². The first-order chi connectivity index (χ1) is 17.8. The van der Waals surface area contributed by atoms with Gasteiger partial charge in [-0.2, -0.15) is 0 Å². The van der Waals surface area contributed by atoms with Gasteiger partial charge in [0.25, 0.3) is 0 Å². The van der Waals surface area contributed by atoms with Crippen LogP contribution < -0.4 is 0 Å². The van der Waals surface area contributed by atoms with Gasteiger partial charge in [0.15, 0.2) is 0 Å². The summed E-state index contributed by atoms with van der Waals surface area (Å²) in [4.78, 5) is 0. The third-order valence-electron chi connectivity index (χ3n) is 6.30. The monoisotopic (exact) mass is 454 g/mol. The molecule has 0 bridgehead atoms. The fourth-order valence-corrected chi connectivity index (χ4v) is 4.52. The molecule has 6 aromatic carbocycles. The van der Waals surface area contributed by atoms with Gasteiger partial charge >= 0.3 is 0 Å². The molecule has 0 heteroatoms. The third kappa shape index (κ3) is 4.50. The SMILES string of the molecule is C(#Cc1ccc2c(-c3cccc4cc(C#Cc5ccccc5)ccc34)cccc2c1)c1ccccc1. The Labute approximate surface area is 211 Å². The number of benzene rings is 6. The van der Waals surface area contributed by atoms with Crippen molar-refractivity contribution in [1.82, 2.24) is 0 Å². The van der Waals surface area contributed by atoms with Gasteiger partial charge in [0.05, 0.1) is 0 Å². The summed E-state index contributed by atoms with van der Waals surface area (Å²) in [6.07, 6.45) is 0. The first kappa shape index (κ1) is 21.5. The Morgan fingerprint density at radius 1 is 0.306 bits per heavy atom. The molecule has 0 atom stereocenters. The predicted octanol–water partition coefficient (Wildman–Crippen LogP) is 8.46. The second-order valence-corrected chi connectivity index (χ2v) is 8.72. The zero-order chi connectivity index (χ0) is 24.2. The van der Waals surface area contributed by atoms with E-state index in [1.165, 1.54) is 32.7 Å². The maximum Gasteiger partial charge on any atom is 0.0255 e. The lowest BCUT2D eigenvalue weighted by molar-refractivity contribution is 1.63. The second kappa shape index (κ2) is 9.68. The quantitative estimate of drug-likeness (QED) is 0.219. The Morgan fingerprint density at radius 2 is 0.722 bits per heavy atom. The van der Waals surface area contributed by atoms with E-state index in [9.17, 15) is 0 Å². The van der Waals surface area contributed by atoms with Gasteiger partial charge in [-0.25, -0.2) is 0 Å². The summed E-state index contributed by atoms with van der Waals surface area (Å²) >= 11 is 0. The predicted molar refractivity (Wildman–Crippen MR) is 152 cm³/mol. The van der Waals surface area contributed by atoms with Crippen molar-refractivity contribution < 1.29 is 0 Å². The van der Waals surface area contributed by atoms with Gasteiger partial charge in [-0.1, -0.05) is 109 Å². The third-order valence-corrected chi connectivity index (χ3v) is 6.30. The maximum absolute atomic E-state index is 3.31. The van der Waals surface area contributed by atoms with Crippen LogP contribution in [0, 0.1) is 23.7 Å². The van der Waals surface area contributed by atoms with Crippen LogP contribution in [0.1, 0.15) is 22.3 Å². The van der Waals surface area contributed by atoms with Crippen LogP contribution in [0.25, 0.3) is 32.7 Å². The van der Waals surface area contributed by atoms with Gasteiger partial charge in [-0.05, 0) is 81.2 Å². The van der Waals surface area contributed by atoms with Gasteiger partial charge in [-0.3, -0.25) is 0 Å². The molecule has 0 heterocycles. The lowest BCUT2D eigenvalue weighted by Crippen LogP contribution is -1.86. The van der Waals surface area contributed by atoms with E-state index in [1.807, 2.05) is 60.7 Å². The molecule has 0 saturated carbocycles. The summed E-state index contributed by atoms with van der Waals surface area (Å²) in [6, 6.07) is 46.2. The average molecular weight is 455 g/mol. The minimum atomic E-state index is 1.02. The molecule has 0 aliphatic heterocycles. The zero-order valence-corrected chi connectivity index (χ0v) is 19.7. The van der Waals surface area contributed by atoms with Crippen LogP contribution in [0.5, 0.6) is 0 Å². The van der Waals surface area contributed by atoms with E-state index in [4.69, 9.17) is 0 Å². The molecule has 0 nitrogen and oxygen atoms in total. The van der Waals surface area contributed by atoms with Crippen LogP contribution in [0.3, 0.4) is 0 Å². The Hall–Kier alpha value is -5.04. The Kier molecular flexibility index (Phi) is 5.78. The zero-order valence-electron chi connectivity index (χ0n) is 19.7. The molecule has 6 rings (SSSR count). The Balaban J connectivity index is 1.38. The van der Waals surface area contributed by atoms with Gasteiger partial charge in [0, 0.05) is 22.3 Å². The average Bonchev–Trinajstić information content (AvgIpc) is 2.95. The highest BCUT2D eigenvalue weighted by atomic mass is 14.1. The number of hydrogen-bond donors (Lipinski definition) is 0. The molecule has 36 heavy (non-hydrogen) atoms. The molecule has 0 fully saturated rings. The van der Waals surface area contributed by atoms with Gasteiger partial charge in [0.2, 0.25) is 0 Å². The smallest absolute Gasteiger partial charge is 0.0255 e. The minimum absolute atomic E-state index is 1.02. The molecule has 0 unspecified atom stereocenters. The van der Waals surface area contributed by atoms with Crippen LogP contribution in [-0.2, 0) is 0 Å². The topological polar surface area (TPSA) is 0 Å². The van der Waals surface area contributed by atoms with Crippen molar-refractivity contribution in [1.29, 1.82) is 0 Å². The largest absolute Gasteiger partial charge is 0.0622 e. The highest BCUT2D eigenvalue weighted by molar-refractivity contribution is 6.05. The normalized spacial score (nSPS) is 10.3.